The average molecular weight is 210 g/mol. The maximum Gasteiger partial charge on any atom is 0.429 e. The molecule has 0 unspecified atom stereocenters. The SMILES string of the molecule is FC[C@@](F)(c1ccccc1)C(F)(F)F. The molecule has 0 saturated heterocycles. The van der Waals surface area contributed by atoms with E-state index in [1.54, 1.807) is 0 Å². The molecular formula is C9H7F5. The van der Waals surface area contributed by atoms with Crippen LogP contribution in [0.25, 0.3) is 0 Å². The molecule has 0 spiro atoms. The van der Waals surface area contributed by atoms with Gasteiger partial charge in [-0.05, 0) is 0 Å². The van der Waals surface area contributed by atoms with E-state index < -0.39 is 24.1 Å². The highest BCUT2D eigenvalue weighted by Gasteiger charge is 2.57. The third-order valence-electron chi connectivity index (χ3n) is 1.86. The van der Waals surface area contributed by atoms with Gasteiger partial charge in [-0.15, -0.1) is 0 Å². The first-order valence-corrected chi connectivity index (χ1v) is 3.79. The van der Waals surface area contributed by atoms with Crippen molar-refractivity contribution in [1.82, 2.24) is 0 Å². The molecule has 0 radical (unpaired) electrons. The monoisotopic (exact) mass is 210 g/mol. The number of hydrogen-bond acceptors (Lipinski definition) is 0. The van der Waals surface area contributed by atoms with Crippen LogP contribution in [-0.4, -0.2) is 12.9 Å². The first-order valence-electron chi connectivity index (χ1n) is 3.79. The predicted molar refractivity (Wildman–Crippen MR) is 41.3 cm³/mol. The Bertz CT molecular complexity index is 292. The second-order valence-corrected chi connectivity index (χ2v) is 2.80. The molecule has 14 heavy (non-hydrogen) atoms. The molecule has 5 heteroatoms. The summed E-state index contributed by atoms with van der Waals surface area (Å²) in [6.45, 7) is -2.11. The molecule has 0 saturated carbocycles. The molecule has 0 aliphatic heterocycles. The number of benzene rings is 1. The number of rotatable bonds is 2. The minimum absolute atomic E-state index is 0.713. The minimum atomic E-state index is -5.23. The highest BCUT2D eigenvalue weighted by molar-refractivity contribution is 5.24. The molecule has 78 valence electrons. The van der Waals surface area contributed by atoms with Crippen LogP contribution in [0.5, 0.6) is 0 Å². The summed E-state index contributed by atoms with van der Waals surface area (Å²) in [6, 6.07) is 5.70. The summed E-state index contributed by atoms with van der Waals surface area (Å²) < 4.78 is 61.9. The molecule has 0 aliphatic rings. The zero-order valence-electron chi connectivity index (χ0n) is 6.98. The van der Waals surface area contributed by atoms with Gasteiger partial charge in [0.05, 0.1) is 0 Å². The lowest BCUT2D eigenvalue weighted by Gasteiger charge is -2.25. The Kier molecular flexibility index (Phi) is 2.78. The van der Waals surface area contributed by atoms with E-state index in [1.807, 2.05) is 0 Å². The van der Waals surface area contributed by atoms with Crippen molar-refractivity contribution in [3.05, 3.63) is 35.9 Å². The van der Waals surface area contributed by atoms with Crippen LogP contribution >= 0.6 is 0 Å². The molecule has 0 fully saturated rings. The average Bonchev–Trinajstić information content (AvgIpc) is 2.16. The molecule has 0 amide bonds. The van der Waals surface area contributed by atoms with Crippen molar-refractivity contribution < 1.29 is 22.0 Å². The highest BCUT2D eigenvalue weighted by Crippen LogP contribution is 2.42. The van der Waals surface area contributed by atoms with Gasteiger partial charge in [-0.2, -0.15) is 13.2 Å². The lowest BCUT2D eigenvalue weighted by molar-refractivity contribution is -0.240. The molecule has 0 aromatic heterocycles. The van der Waals surface area contributed by atoms with E-state index in [1.165, 1.54) is 18.2 Å². The maximum absolute atomic E-state index is 13.3. The molecule has 0 N–H and O–H groups in total. The second-order valence-electron chi connectivity index (χ2n) is 2.80. The fourth-order valence-electron chi connectivity index (χ4n) is 1.02. The number of alkyl halides is 5. The van der Waals surface area contributed by atoms with Gasteiger partial charge in [0.1, 0.15) is 6.67 Å². The van der Waals surface area contributed by atoms with Crippen LogP contribution in [0.3, 0.4) is 0 Å². The Morgan fingerprint density at radius 2 is 1.43 bits per heavy atom. The van der Waals surface area contributed by atoms with E-state index in [0.717, 1.165) is 12.1 Å². The molecule has 0 nitrogen and oxygen atoms in total. The molecule has 0 bridgehead atoms. The van der Waals surface area contributed by atoms with Gasteiger partial charge in [0.15, 0.2) is 0 Å². The highest BCUT2D eigenvalue weighted by atomic mass is 19.4. The zero-order valence-corrected chi connectivity index (χ0v) is 6.98. The summed E-state index contributed by atoms with van der Waals surface area (Å²) in [5.74, 6) is 0. The van der Waals surface area contributed by atoms with Crippen LogP contribution in [0.2, 0.25) is 0 Å². The van der Waals surface area contributed by atoms with Gasteiger partial charge in [0.25, 0.3) is 5.67 Å². The van der Waals surface area contributed by atoms with Gasteiger partial charge < -0.3 is 0 Å². The first-order chi connectivity index (χ1) is 6.42. The van der Waals surface area contributed by atoms with Crippen LogP contribution in [0.1, 0.15) is 5.56 Å². The predicted octanol–water partition coefficient (Wildman–Crippen LogP) is 3.38. The topological polar surface area (TPSA) is 0 Å². The first kappa shape index (κ1) is 10.9. The van der Waals surface area contributed by atoms with Crippen molar-refractivity contribution in [2.45, 2.75) is 11.8 Å². The summed E-state index contributed by atoms with van der Waals surface area (Å²) in [5, 5.41) is 0. The zero-order chi connectivity index (χ0) is 10.8. The van der Waals surface area contributed by atoms with Crippen molar-refractivity contribution in [1.29, 1.82) is 0 Å². The molecule has 1 atom stereocenters. The van der Waals surface area contributed by atoms with Gasteiger partial charge in [-0.25, -0.2) is 8.78 Å². The molecule has 0 aliphatic carbocycles. The molecule has 1 rings (SSSR count). The van der Waals surface area contributed by atoms with E-state index in [0.29, 0.717) is 0 Å². The van der Waals surface area contributed by atoms with E-state index in [4.69, 9.17) is 0 Å². The molecule has 1 aromatic rings. The standard InChI is InChI=1S/C9H7F5/c10-6-8(11,9(12,13)14)7-4-2-1-3-5-7/h1-5H,6H2/t8-/m1/s1. The Morgan fingerprint density at radius 1 is 0.929 bits per heavy atom. The lowest BCUT2D eigenvalue weighted by atomic mass is 9.97. The minimum Gasteiger partial charge on any atom is -0.247 e. The van der Waals surface area contributed by atoms with E-state index in [-0.39, 0.29) is 0 Å². The summed E-state index contributed by atoms with van der Waals surface area (Å²) in [7, 11) is 0. The van der Waals surface area contributed by atoms with Crippen LogP contribution in [-0.2, 0) is 5.67 Å². The van der Waals surface area contributed by atoms with Crippen molar-refractivity contribution in [3.8, 4) is 0 Å². The van der Waals surface area contributed by atoms with Crippen LogP contribution < -0.4 is 0 Å². The molecular weight excluding hydrogens is 203 g/mol. The molecule has 0 heterocycles. The second kappa shape index (κ2) is 3.55. The molecule has 1 aromatic carbocycles. The van der Waals surface area contributed by atoms with Crippen LogP contribution in [0.4, 0.5) is 22.0 Å². The number of halogens is 5. The van der Waals surface area contributed by atoms with E-state index >= 15 is 0 Å². The largest absolute Gasteiger partial charge is 0.429 e. The smallest absolute Gasteiger partial charge is 0.247 e. The quantitative estimate of drug-likeness (QED) is 0.656. The van der Waals surface area contributed by atoms with E-state index in [2.05, 4.69) is 0 Å². The Labute approximate surface area is 77.4 Å². The third-order valence-corrected chi connectivity index (χ3v) is 1.86. The summed E-state index contributed by atoms with van der Waals surface area (Å²) >= 11 is 0. The Morgan fingerprint density at radius 3 is 1.79 bits per heavy atom. The normalized spacial score (nSPS) is 16.4. The van der Waals surface area contributed by atoms with Crippen LogP contribution in [0.15, 0.2) is 30.3 Å². The Hall–Kier alpha value is -1.13. The summed E-state index contributed by atoms with van der Waals surface area (Å²) in [4.78, 5) is 0. The van der Waals surface area contributed by atoms with Gasteiger partial charge in [0, 0.05) is 5.56 Å². The summed E-state index contributed by atoms with van der Waals surface area (Å²) in [6.07, 6.45) is -5.23. The maximum atomic E-state index is 13.3. The fraction of sp³-hybridized carbons (Fsp3) is 0.333. The summed E-state index contributed by atoms with van der Waals surface area (Å²) in [5.41, 5.74) is -4.61. The van der Waals surface area contributed by atoms with Gasteiger partial charge in [-0.3, -0.25) is 0 Å². The van der Waals surface area contributed by atoms with Crippen molar-refractivity contribution >= 4 is 0 Å². The lowest BCUT2D eigenvalue weighted by Crippen LogP contribution is -2.40. The van der Waals surface area contributed by atoms with Gasteiger partial charge >= 0.3 is 6.18 Å². The van der Waals surface area contributed by atoms with Gasteiger partial charge in [0.2, 0.25) is 0 Å². The van der Waals surface area contributed by atoms with Crippen LogP contribution in [0, 0.1) is 0 Å². The van der Waals surface area contributed by atoms with Crippen molar-refractivity contribution in [2.75, 3.05) is 6.67 Å². The van der Waals surface area contributed by atoms with Gasteiger partial charge in [-0.1, -0.05) is 30.3 Å². The fourth-order valence-corrected chi connectivity index (χ4v) is 1.02. The van der Waals surface area contributed by atoms with Crippen molar-refractivity contribution in [2.24, 2.45) is 0 Å². The van der Waals surface area contributed by atoms with E-state index in [9.17, 15) is 22.0 Å². The van der Waals surface area contributed by atoms with Crippen molar-refractivity contribution in [3.63, 3.8) is 0 Å². The Balaban J connectivity index is 3.15. The third kappa shape index (κ3) is 1.71. The number of hydrogen-bond donors (Lipinski definition) is 0.